The first-order valence-electron chi connectivity index (χ1n) is 10.8. The van der Waals surface area contributed by atoms with Crippen LogP contribution in [0.1, 0.15) is 33.4 Å². The number of ether oxygens (including phenoxy) is 3. The fraction of sp³-hybridized carbons (Fsp3) is 0.172. The molecule has 6 rings (SSSR count). The van der Waals surface area contributed by atoms with Gasteiger partial charge in [0.2, 0.25) is 0 Å². The lowest BCUT2D eigenvalue weighted by Crippen LogP contribution is -2.68. The summed E-state index contributed by atoms with van der Waals surface area (Å²) in [6.45, 7) is 0. The number of fused-ring (bicyclic) bond motifs is 7. The molecule has 0 heterocycles. The minimum absolute atomic E-state index is 0.258. The summed E-state index contributed by atoms with van der Waals surface area (Å²) in [5.41, 5.74) is 7.33. The summed E-state index contributed by atoms with van der Waals surface area (Å²) in [7, 11) is 5.14. The van der Waals surface area contributed by atoms with Crippen LogP contribution in [0.3, 0.4) is 0 Å². The van der Waals surface area contributed by atoms with Crippen LogP contribution in [0.4, 0.5) is 0 Å². The average Bonchev–Trinajstić information content (AvgIpc) is 2.85. The van der Waals surface area contributed by atoms with Gasteiger partial charge in [0.1, 0.15) is 17.2 Å². The highest BCUT2D eigenvalue weighted by molar-refractivity contribution is 5.86. The van der Waals surface area contributed by atoms with E-state index >= 15 is 0 Å². The third-order valence-corrected chi connectivity index (χ3v) is 7.38. The molecule has 3 nitrogen and oxygen atoms in total. The molecular formula is C29H24O3. The molecule has 0 radical (unpaired) electrons. The summed E-state index contributed by atoms with van der Waals surface area (Å²) in [4.78, 5) is 0. The molecule has 3 heteroatoms. The normalized spacial score (nSPS) is 21.8. The summed E-state index contributed by atoms with van der Waals surface area (Å²) < 4.78 is 16.5. The molecule has 2 unspecified atom stereocenters. The lowest BCUT2D eigenvalue weighted by atomic mass is 9.30. The van der Waals surface area contributed by atoms with E-state index in [0.29, 0.717) is 0 Å². The maximum atomic E-state index is 5.63. The monoisotopic (exact) mass is 420 g/mol. The van der Waals surface area contributed by atoms with E-state index in [1.807, 2.05) is 0 Å². The van der Waals surface area contributed by atoms with Crippen molar-refractivity contribution in [3.63, 3.8) is 0 Å². The average molecular weight is 421 g/mol. The number of hydrogen-bond donors (Lipinski definition) is 0. The van der Waals surface area contributed by atoms with Crippen LogP contribution in [0.2, 0.25) is 0 Å². The summed E-state index contributed by atoms with van der Waals surface area (Å²) in [6, 6.07) is 32.4. The zero-order valence-corrected chi connectivity index (χ0v) is 18.4. The summed E-state index contributed by atoms with van der Waals surface area (Å²) >= 11 is 0. The highest BCUT2D eigenvalue weighted by Crippen LogP contribution is 2.76. The Kier molecular flexibility index (Phi) is 3.94. The second-order valence-electron chi connectivity index (χ2n) is 8.41. The lowest BCUT2D eigenvalue weighted by molar-refractivity contribution is 0.286. The van der Waals surface area contributed by atoms with Crippen LogP contribution < -0.4 is 14.2 Å². The second kappa shape index (κ2) is 6.64. The van der Waals surface area contributed by atoms with E-state index < -0.39 is 0 Å². The predicted molar refractivity (Wildman–Crippen MR) is 125 cm³/mol. The van der Waals surface area contributed by atoms with Gasteiger partial charge in [0.05, 0.1) is 32.2 Å². The number of hydrogen-bond acceptors (Lipinski definition) is 3. The Morgan fingerprint density at radius 2 is 0.844 bits per heavy atom. The first-order chi connectivity index (χ1) is 15.7. The number of methoxy groups -OCH3 is 3. The Balaban J connectivity index is 1.70. The SMILES string of the molecule is COc1ccc(C23c4ccccc4C2(c2ccc(OC)cc2)c2cc(OC)ccc23)cc1. The van der Waals surface area contributed by atoms with E-state index in [9.17, 15) is 0 Å². The molecule has 0 aliphatic heterocycles. The van der Waals surface area contributed by atoms with Crippen molar-refractivity contribution in [2.75, 3.05) is 21.3 Å². The predicted octanol–water partition coefficient (Wildman–Crippen LogP) is 5.71. The van der Waals surface area contributed by atoms with E-state index in [2.05, 4.69) is 91.0 Å². The van der Waals surface area contributed by atoms with Crippen LogP contribution >= 0.6 is 0 Å². The van der Waals surface area contributed by atoms with Crippen molar-refractivity contribution in [3.05, 3.63) is 124 Å². The molecular weight excluding hydrogens is 396 g/mol. The zero-order valence-electron chi connectivity index (χ0n) is 18.4. The van der Waals surface area contributed by atoms with Gasteiger partial charge in [-0.3, -0.25) is 0 Å². The lowest BCUT2D eigenvalue weighted by Gasteiger charge is -2.69. The third kappa shape index (κ3) is 2.02. The van der Waals surface area contributed by atoms with Gasteiger partial charge in [-0.2, -0.15) is 0 Å². The van der Waals surface area contributed by atoms with Crippen molar-refractivity contribution in [1.29, 1.82) is 0 Å². The molecule has 0 bridgehead atoms. The molecule has 0 N–H and O–H groups in total. The van der Waals surface area contributed by atoms with Gasteiger partial charge in [-0.25, -0.2) is 0 Å². The third-order valence-electron chi connectivity index (χ3n) is 7.38. The quantitative estimate of drug-likeness (QED) is 0.414. The molecule has 0 fully saturated rings. The molecule has 2 aliphatic carbocycles. The summed E-state index contributed by atoms with van der Waals surface area (Å²) in [6.07, 6.45) is 0. The molecule has 32 heavy (non-hydrogen) atoms. The smallest absolute Gasteiger partial charge is 0.119 e. The van der Waals surface area contributed by atoms with Crippen LogP contribution in [0, 0.1) is 0 Å². The molecule has 0 saturated heterocycles. The van der Waals surface area contributed by atoms with Crippen molar-refractivity contribution >= 4 is 0 Å². The minimum atomic E-state index is -0.283. The highest BCUT2D eigenvalue weighted by atomic mass is 16.5. The van der Waals surface area contributed by atoms with Crippen LogP contribution in [0.15, 0.2) is 91.0 Å². The molecule has 2 atom stereocenters. The first-order valence-corrected chi connectivity index (χ1v) is 10.8. The first kappa shape index (κ1) is 19.0. The molecule has 0 amide bonds. The van der Waals surface area contributed by atoms with Gasteiger partial charge in [0.15, 0.2) is 0 Å². The van der Waals surface area contributed by atoms with Crippen molar-refractivity contribution in [2.45, 2.75) is 10.8 Å². The Morgan fingerprint density at radius 3 is 1.31 bits per heavy atom. The maximum Gasteiger partial charge on any atom is 0.119 e. The van der Waals surface area contributed by atoms with Gasteiger partial charge in [-0.1, -0.05) is 54.6 Å². The van der Waals surface area contributed by atoms with Gasteiger partial charge in [0.25, 0.3) is 0 Å². The molecule has 0 aromatic heterocycles. The molecule has 2 aliphatic rings. The molecule has 0 saturated carbocycles. The Morgan fingerprint density at radius 1 is 0.438 bits per heavy atom. The molecule has 4 aromatic rings. The van der Waals surface area contributed by atoms with Crippen LogP contribution in [-0.4, -0.2) is 21.3 Å². The number of benzene rings is 4. The second-order valence-corrected chi connectivity index (χ2v) is 8.41. The van der Waals surface area contributed by atoms with Crippen molar-refractivity contribution in [2.24, 2.45) is 0 Å². The van der Waals surface area contributed by atoms with Crippen LogP contribution in [0.25, 0.3) is 0 Å². The topological polar surface area (TPSA) is 27.7 Å². The fourth-order valence-electron chi connectivity index (χ4n) is 6.13. The van der Waals surface area contributed by atoms with Gasteiger partial charge in [0, 0.05) is 0 Å². The zero-order chi connectivity index (χ0) is 21.9. The summed E-state index contributed by atoms with van der Waals surface area (Å²) in [5.74, 6) is 2.60. The van der Waals surface area contributed by atoms with E-state index in [1.54, 1.807) is 21.3 Å². The van der Waals surface area contributed by atoms with E-state index in [1.165, 1.54) is 33.4 Å². The van der Waals surface area contributed by atoms with E-state index in [-0.39, 0.29) is 10.8 Å². The standard InChI is InChI=1S/C29H24O3/c1-30-21-12-8-19(9-13-21)28-24-6-4-5-7-25(24)29(28,20-10-14-22(31-2)15-11-20)27-18-23(32-3)16-17-26(27)28/h4-18H,1-3H3. The molecule has 0 spiro atoms. The van der Waals surface area contributed by atoms with Crippen molar-refractivity contribution in [1.82, 2.24) is 0 Å². The largest absolute Gasteiger partial charge is 0.497 e. The van der Waals surface area contributed by atoms with Gasteiger partial charge < -0.3 is 14.2 Å². The Labute approximate surface area is 188 Å². The fourth-order valence-corrected chi connectivity index (χ4v) is 6.13. The van der Waals surface area contributed by atoms with Crippen molar-refractivity contribution < 1.29 is 14.2 Å². The molecule has 4 aromatic carbocycles. The molecule has 158 valence electrons. The van der Waals surface area contributed by atoms with Crippen molar-refractivity contribution in [3.8, 4) is 17.2 Å². The van der Waals surface area contributed by atoms with Crippen LogP contribution in [0.5, 0.6) is 17.2 Å². The van der Waals surface area contributed by atoms with Gasteiger partial charge >= 0.3 is 0 Å². The Bertz CT molecular complexity index is 1320. The maximum absolute atomic E-state index is 5.63. The number of rotatable bonds is 5. The van der Waals surface area contributed by atoms with E-state index in [0.717, 1.165) is 17.2 Å². The summed E-state index contributed by atoms with van der Waals surface area (Å²) in [5, 5.41) is 0. The van der Waals surface area contributed by atoms with Crippen LogP contribution in [-0.2, 0) is 10.8 Å². The minimum Gasteiger partial charge on any atom is -0.497 e. The van der Waals surface area contributed by atoms with Gasteiger partial charge in [-0.05, 0) is 69.8 Å². The Hall–Kier alpha value is -3.72. The van der Waals surface area contributed by atoms with Gasteiger partial charge in [-0.15, -0.1) is 0 Å². The highest BCUT2D eigenvalue weighted by Gasteiger charge is 2.73. The van der Waals surface area contributed by atoms with E-state index in [4.69, 9.17) is 14.2 Å².